The van der Waals surface area contributed by atoms with Crippen molar-refractivity contribution in [3.8, 4) is 11.3 Å². The van der Waals surface area contributed by atoms with Crippen LogP contribution in [-0.2, 0) is 9.53 Å². The van der Waals surface area contributed by atoms with Crippen LogP contribution in [0.25, 0.3) is 16.9 Å². The van der Waals surface area contributed by atoms with E-state index < -0.39 is 0 Å². The van der Waals surface area contributed by atoms with Crippen LogP contribution in [-0.4, -0.2) is 28.5 Å². The van der Waals surface area contributed by atoms with Gasteiger partial charge in [0, 0.05) is 30.3 Å². The van der Waals surface area contributed by atoms with Gasteiger partial charge < -0.3 is 14.5 Å². The Kier molecular flexibility index (Phi) is 4.01. The summed E-state index contributed by atoms with van der Waals surface area (Å²) in [7, 11) is 0. The molecule has 5 nitrogen and oxygen atoms in total. The Labute approximate surface area is 146 Å². The summed E-state index contributed by atoms with van der Waals surface area (Å²) in [5.41, 5.74) is 5.86. The number of carbonyl (C=O) groups is 1. The molecule has 5 heteroatoms. The second-order valence-corrected chi connectivity index (χ2v) is 6.68. The second-order valence-electron chi connectivity index (χ2n) is 6.68. The molecular formula is C20H21N3O2. The number of aromatic nitrogens is 2. The maximum absolute atomic E-state index is 12.4. The van der Waals surface area contributed by atoms with Gasteiger partial charge in [0.15, 0.2) is 0 Å². The summed E-state index contributed by atoms with van der Waals surface area (Å²) in [6.45, 7) is 5.23. The largest absolute Gasteiger partial charge is 0.381 e. The lowest BCUT2D eigenvalue weighted by atomic mass is 10.1. The van der Waals surface area contributed by atoms with Gasteiger partial charge >= 0.3 is 0 Å². The molecule has 3 heterocycles. The zero-order valence-electron chi connectivity index (χ0n) is 14.5. The first-order chi connectivity index (χ1) is 12.1. The Morgan fingerprint density at radius 2 is 2.16 bits per heavy atom. The SMILES string of the molecule is Cc1ccn2cc(-c3ccc(C)c(NC(=O)[C@H]4CCOC4)c3)nc2c1. The Bertz CT molecular complexity index is 939. The van der Waals surface area contributed by atoms with Gasteiger partial charge in [0.25, 0.3) is 0 Å². The number of benzene rings is 1. The van der Waals surface area contributed by atoms with Crippen molar-refractivity contribution in [1.29, 1.82) is 0 Å². The first-order valence-corrected chi connectivity index (χ1v) is 8.55. The Hall–Kier alpha value is -2.66. The molecule has 1 aromatic carbocycles. The predicted octanol–water partition coefficient (Wildman–Crippen LogP) is 3.59. The first kappa shape index (κ1) is 15.8. The number of imidazole rings is 1. The number of nitrogens with one attached hydrogen (secondary N) is 1. The number of rotatable bonds is 3. The third-order valence-electron chi connectivity index (χ3n) is 4.71. The molecule has 4 rings (SSSR count). The summed E-state index contributed by atoms with van der Waals surface area (Å²) in [5.74, 6) is -0.0235. The minimum Gasteiger partial charge on any atom is -0.381 e. The maximum atomic E-state index is 12.4. The number of carbonyl (C=O) groups excluding carboxylic acids is 1. The fourth-order valence-electron chi connectivity index (χ4n) is 3.11. The van der Waals surface area contributed by atoms with Crippen LogP contribution in [0.3, 0.4) is 0 Å². The molecule has 0 bridgehead atoms. The van der Waals surface area contributed by atoms with Crippen molar-refractivity contribution in [2.75, 3.05) is 18.5 Å². The average Bonchev–Trinajstić information content (AvgIpc) is 3.25. The molecule has 1 saturated heterocycles. The van der Waals surface area contributed by atoms with Crippen LogP contribution in [0.2, 0.25) is 0 Å². The molecule has 0 radical (unpaired) electrons. The minimum absolute atomic E-state index is 0.0309. The number of amides is 1. The second kappa shape index (κ2) is 6.33. The number of fused-ring (bicyclic) bond motifs is 1. The lowest BCUT2D eigenvalue weighted by Crippen LogP contribution is -2.23. The van der Waals surface area contributed by atoms with E-state index in [1.165, 1.54) is 5.56 Å². The lowest BCUT2D eigenvalue weighted by molar-refractivity contribution is -0.119. The molecule has 0 spiro atoms. The van der Waals surface area contributed by atoms with Crippen molar-refractivity contribution in [3.63, 3.8) is 0 Å². The van der Waals surface area contributed by atoms with Gasteiger partial charge in [0.2, 0.25) is 5.91 Å². The molecule has 128 valence electrons. The molecule has 1 amide bonds. The van der Waals surface area contributed by atoms with E-state index in [9.17, 15) is 4.79 Å². The highest BCUT2D eigenvalue weighted by atomic mass is 16.5. The van der Waals surface area contributed by atoms with Crippen LogP contribution in [0.15, 0.2) is 42.7 Å². The summed E-state index contributed by atoms with van der Waals surface area (Å²) in [5, 5.41) is 3.05. The van der Waals surface area contributed by atoms with Crippen LogP contribution < -0.4 is 5.32 Å². The van der Waals surface area contributed by atoms with Crippen molar-refractivity contribution in [2.45, 2.75) is 20.3 Å². The fourth-order valence-corrected chi connectivity index (χ4v) is 3.11. The summed E-state index contributed by atoms with van der Waals surface area (Å²) in [6, 6.07) is 10.2. The van der Waals surface area contributed by atoms with E-state index in [1.807, 2.05) is 41.9 Å². The molecule has 1 aliphatic rings. The van der Waals surface area contributed by atoms with Gasteiger partial charge in [-0.2, -0.15) is 0 Å². The topological polar surface area (TPSA) is 55.6 Å². The lowest BCUT2D eigenvalue weighted by Gasteiger charge is -2.12. The molecule has 1 atom stereocenters. The van der Waals surface area contributed by atoms with Crippen molar-refractivity contribution in [1.82, 2.24) is 9.38 Å². The number of ether oxygens (including phenoxy) is 1. The Balaban J connectivity index is 1.64. The van der Waals surface area contributed by atoms with Crippen LogP contribution in [0.5, 0.6) is 0 Å². The summed E-state index contributed by atoms with van der Waals surface area (Å²) in [6.07, 6.45) is 4.81. The van der Waals surface area contributed by atoms with E-state index in [0.29, 0.717) is 13.2 Å². The van der Waals surface area contributed by atoms with E-state index in [4.69, 9.17) is 9.72 Å². The van der Waals surface area contributed by atoms with Gasteiger partial charge in [0.1, 0.15) is 5.65 Å². The van der Waals surface area contributed by atoms with Crippen LogP contribution in [0.4, 0.5) is 5.69 Å². The van der Waals surface area contributed by atoms with E-state index >= 15 is 0 Å². The van der Waals surface area contributed by atoms with E-state index in [0.717, 1.165) is 34.6 Å². The van der Waals surface area contributed by atoms with Gasteiger partial charge in [-0.1, -0.05) is 12.1 Å². The molecular weight excluding hydrogens is 314 g/mol. The van der Waals surface area contributed by atoms with Crippen LogP contribution in [0, 0.1) is 19.8 Å². The fraction of sp³-hybridized carbons (Fsp3) is 0.300. The molecule has 2 aromatic heterocycles. The Morgan fingerprint density at radius 1 is 1.28 bits per heavy atom. The number of hydrogen-bond donors (Lipinski definition) is 1. The van der Waals surface area contributed by atoms with Crippen molar-refractivity contribution in [3.05, 3.63) is 53.9 Å². The number of nitrogens with zero attached hydrogens (tertiary/aromatic N) is 2. The molecule has 25 heavy (non-hydrogen) atoms. The number of pyridine rings is 1. The molecule has 1 aliphatic heterocycles. The number of aryl methyl sites for hydroxylation is 2. The standard InChI is InChI=1S/C20H21N3O2/c1-13-5-7-23-11-18(21-19(23)9-13)15-4-3-14(2)17(10-15)22-20(24)16-6-8-25-12-16/h3-5,7,9-11,16H,6,8,12H2,1-2H3,(H,22,24)/t16-/m0/s1. The highest BCUT2D eigenvalue weighted by molar-refractivity contribution is 5.94. The van der Waals surface area contributed by atoms with Crippen molar-refractivity contribution >= 4 is 17.2 Å². The van der Waals surface area contributed by atoms with Crippen molar-refractivity contribution in [2.24, 2.45) is 5.92 Å². The molecule has 0 saturated carbocycles. The maximum Gasteiger partial charge on any atom is 0.229 e. The number of hydrogen-bond acceptors (Lipinski definition) is 3. The van der Waals surface area contributed by atoms with Gasteiger partial charge in [-0.3, -0.25) is 4.79 Å². The van der Waals surface area contributed by atoms with Gasteiger partial charge in [-0.15, -0.1) is 0 Å². The Morgan fingerprint density at radius 3 is 2.96 bits per heavy atom. The van der Waals surface area contributed by atoms with Gasteiger partial charge in [-0.25, -0.2) is 4.98 Å². The number of anilines is 1. The smallest absolute Gasteiger partial charge is 0.229 e. The van der Waals surface area contributed by atoms with Crippen LogP contribution >= 0.6 is 0 Å². The van der Waals surface area contributed by atoms with Gasteiger partial charge in [-0.05, 0) is 49.6 Å². The quantitative estimate of drug-likeness (QED) is 0.796. The third-order valence-corrected chi connectivity index (χ3v) is 4.71. The first-order valence-electron chi connectivity index (χ1n) is 8.55. The average molecular weight is 335 g/mol. The van der Waals surface area contributed by atoms with E-state index in [1.54, 1.807) is 0 Å². The molecule has 1 fully saturated rings. The normalized spacial score (nSPS) is 17.1. The van der Waals surface area contributed by atoms with E-state index in [-0.39, 0.29) is 11.8 Å². The molecule has 0 aliphatic carbocycles. The zero-order chi connectivity index (χ0) is 17.4. The predicted molar refractivity (Wildman–Crippen MR) is 97.7 cm³/mol. The summed E-state index contributed by atoms with van der Waals surface area (Å²) < 4.78 is 7.32. The monoisotopic (exact) mass is 335 g/mol. The molecule has 0 unspecified atom stereocenters. The zero-order valence-corrected chi connectivity index (χ0v) is 14.5. The van der Waals surface area contributed by atoms with E-state index in [2.05, 4.69) is 24.4 Å². The molecule has 1 N–H and O–H groups in total. The highest BCUT2D eigenvalue weighted by Gasteiger charge is 2.24. The van der Waals surface area contributed by atoms with Gasteiger partial charge in [0.05, 0.1) is 18.2 Å². The third kappa shape index (κ3) is 3.15. The highest BCUT2D eigenvalue weighted by Crippen LogP contribution is 2.26. The summed E-state index contributed by atoms with van der Waals surface area (Å²) in [4.78, 5) is 17.1. The van der Waals surface area contributed by atoms with Crippen LogP contribution in [0.1, 0.15) is 17.5 Å². The van der Waals surface area contributed by atoms with Crippen molar-refractivity contribution < 1.29 is 9.53 Å². The minimum atomic E-state index is -0.0544. The molecule has 3 aromatic rings. The summed E-state index contributed by atoms with van der Waals surface area (Å²) >= 11 is 0.